The Bertz CT molecular complexity index is 295. The number of hydrogen-bond donors (Lipinski definition) is 0. The molecule has 17 heavy (non-hydrogen) atoms. The van der Waals surface area contributed by atoms with E-state index in [1.165, 1.54) is 0 Å². The highest BCUT2D eigenvalue weighted by molar-refractivity contribution is 6.74. The van der Waals surface area contributed by atoms with E-state index < -0.39 is 23.3 Å². The molecule has 0 aliphatic heterocycles. The van der Waals surface area contributed by atoms with Crippen LogP contribution in [-0.2, 0) is 13.6 Å². The predicted molar refractivity (Wildman–Crippen MR) is 77.1 cm³/mol. The van der Waals surface area contributed by atoms with Crippen molar-refractivity contribution in [2.45, 2.75) is 52.6 Å². The molecule has 0 spiro atoms. The van der Waals surface area contributed by atoms with E-state index in [-0.39, 0.29) is 11.9 Å². The summed E-state index contributed by atoms with van der Waals surface area (Å²) in [6.07, 6.45) is 0. The molecule has 100 valence electrons. The average molecular weight is 275 g/mol. The molecule has 0 aliphatic rings. The van der Waals surface area contributed by atoms with Gasteiger partial charge in [0.25, 0.3) is 0 Å². The fourth-order valence-electron chi connectivity index (χ4n) is 0.973. The highest BCUT2D eigenvalue weighted by Gasteiger charge is 2.35. The number of hydrogen-bond acceptors (Lipinski definition) is 3. The summed E-state index contributed by atoms with van der Waals surface area (Å²) in [5, 5.41) is -0.448. The van der Waals surface area contributed by atoms with Gasteiger partial charge in [0.1, 0.15) is 5.22 Å². The van der Waals surface area contributed by atoms with Crippen molar-refractivity contribution in [2.24, 2.45) is 5.92 Å². The molecule has 0 heterocycles. The van der Waals surface area contributed by atoms with Gasteiger partial charge in [0.2, 0.25) is 0 Å². The first-order chi connectivity index (χ1) is 7.48. The SMILES string of the molecule is C=C(C)C(=O)OC(C)([SiH2]O[Si](C)(C)C)C(C)C. The Morgan fingerprint density at radius 2 is 1.82 bits per heavy atom. The molecule has 0 aromatic rings. The van der Waals surface area contributed by atoms with E-state index in [2.05, 4.69) is 40.1 Å². The second kappa shape index (κ2) is 5.97. The van der Waals surface area contributed by atoms with Gasteiger partial charge in [0, 0.05) is 5.57 Å². The maximum Gasteiger partial charge on any atom is 0.333 e. The zero-order valence-corrected chi connectivity index (χ0v) is 14.6. The van der Waals surface area contributed by atoms with Crippen LogP contribution >= 0.6 is 0 Å². The van der Waals surface area contributed by atoms with Crippen LogP contribution in [0, 0.1) is 5.92 Å². The van der Waals surface area contributed by atoms with Crippen LogP contribution < -0.4 is 0 Å². The molecule has 1 atom stereocenters. The van der Waals surface area contributed by atoms with Crippen molar-refractivity contribution in [1.82, 2.24) is 0 Å². The standard InChI is InChI=1S/C12H26O3Si2/c1-9(2)11(13)14-12(5,10(3)4)16-15-17(6,7)8/h10H,1,16H2,2-8H3. The smallest absolute Gasteiger partial charge is 0.333 e. The summed E-state index contributed by atoms with van der Waals surface area (Å²) < 4.78 is 11.6. The molecule has 0 radical (unpaired) electrons. The number of esters is 1. The lowest BCUT2D eigenvalue weighted by Gasteiger charge is -2.35. The number of carbonyl (C=O) groups is 1. The number of rotatable bonds is 6. The lowest BCUT2D eigenvalue weighted by Crippen LogP contribution is -2.47. The molecular weight excluding hydrogens is 248 g/mol. The molecule has 0 N–H and O–H groups in total. The second-order valence-corrected chi connectivity index (χ2v) is 13.1. The van der Waals surface area contributed by atoms with Crippen molar-refractivity contribution >= 4 is 24.0 Å². The molecule has 0 saturated carbocycles. The summed E-state index contributed by atoms with van der Waals surface area (Å²) in [4.78, 5) is 11.6. The molecule has 0 aromatic carbocycles. The van der Waals surface area contributed by atoms with Gasteiger partial charge in [-0.1, -0.05) is 20.4 Å². The summed E-state index contributed by atoms with van der Waals surface area (Å²) in [6, 6.07) is 0. The lowest BCUT2D eigenvalue weighted by atomic mass is 10.1. The monoisotopic (exact) mass is 274 g/mol. The van der Waals surface area contributed by atoms with E-state index in [9.17, 15) is 4.79 Å². The van der Waals surface area contributed by atoms with Crippen LogP contribution in [0.3, 0.4) is 0 Å². The van der Waals surface area contributed by atoms with Crippen LogP contribution in [-0.4, -0.2) is 29.3 Å². The third-order valence-corrected chi connectivity index (χ3v) is 8.26. The molecule has 3 nitrogen and oxygen atoms in total. The minimum Gasteiger partial charge on any atom is -0.457 e. The molecule has 5 heteroatoms. The van der Waals surface area contributed by atoms with E-state index in [1.54, 1.807) is 6.92 Å². The quantitative estimate of drug-likeness (QED) is 0.424. The van der Waals surface area contributed by atoms with Crippen LogP contribution in [0.15, 0.2) is 12.2 Å². The van der Waals surface area contributed by atoms with Gasteiger partial charge in [-0.3, -0.25) is 0 Å². The summed E-state index contributed by atoms with van der Waals surface area (Å²) in [7, 11) is -2.46. The van der Waals surface area contributed by atoms with Crippen LogP contribution in [0.2, 0.25) is 19.6 Å². The predicted octanol–water partition coefficient (Wildman–Crippen LogP) is 2.41. The Balaban J connectivity index is 4.69. The number of ether oxygens (including phenoxy) is 1. The lowest BCUT2D eigenvalue weighted by molar-refractivity contribution is -0.149. The normalized spacial score (nSPS) is 16.2. The molecular formula is C12H26O3Si2. The Morgan fingerprint density at radius 1 is 1.35 bits per heavy atom. The summed E-state index contributed by atoms with van der Waals surface area (Å²) >= 11 is 0. The molecule has 0 fully saturated rings. The van der Waals surface area contributed by atoms with Crippen molar-refractivity contribution in [3.8, 4) is 0 Å². The van der Waals surface area contributed by atoms with Crippen molar-refractivity contribution < 1.29 is 13.6 Å². The Morgan fingerprint density at radius 3 is 2.12 bits per heavy atom. The van der Waals surface area contributed by atoms with E-state index in [0.717, 1.165) is 0 Å². The molecule has 0 aliphatic carbocycles. The Labute approximate surface area is 109 Å². The maximum absolute atomic E-state index is 11.6. The highest BCUT2D eigenvalue weighted by Crippen LogP contribution is 2.23. The van der Waals surface area contributed by atoms with Gasteiger partial charge in [-0.25, -0.2) is 4.79 Å². The van der Waals surface area contributed by atoms with Crippen LogP contribution in [0.5, 0.6) is 0 Å². The zero-order chi connectivity index (χ0) is 13.9. The largest absolute Gasteiger partial charge is 0.457 e. The van der Waals surface area contributed by atoms with Crippen molar-refractivity contribution in [1.29, 1.82) is 0 Å². The first kappa shape index (κ1) is 16.6. The fraction of sp³-hybridized carbons (Fsp3) is 0.750. The van der Waals surface area contributed by atoms with Gasteiger partial charge in [-0.2, -0.15) is 0 Å². The molecule has 0 amide bonds. The highest BCUT2D eigenvalue weighted by atomic mass is 28.4. The van der Waals surface area contributed by atoms with Crippen molar-refractivity contribution in [3.63, 3.8) is 0 Å². The van der Waals surface area contributed by atoms with Gasteiger partial charge >= 0.3 is 5.97 Å². The second-order valence-electron chi connectivity index (χ2n) is 6.04. The first-order valence-electron chi connectivity index (χ1n) is 6.01. The topological polar surface area (TPSA) is 35.5 Å². The number of carbonyl (C=O) groups excluding carboxylic acids is 1. The molecule has 0 bridgehead atoms. The summed E-state index contributed by atoms with van der Waals surface area (Å²) in [5.74, 6) is -0.0540. The summed E-state index contributed by atoms with van der Waals surface area (Å²) in [5.41, 5.74) is 0.443. The summed E-state index contributed by atoms with van der Waals surface area (Å²) in [6.45, 7) is 17.8. The Hall–Kier alpha value is -0.396. The van der Waals surface area contributed by atoms with Gasteiger partial charge in [0.15, 0.2) is 18.1 Å². The van der Waals surface area contributed by atoms with Gasteiger partial charge in [0.05, 0.1) is 0 Å². The van der Waals surface area contributed by atoms with Gasteiger partial charge < -0.3 is 8.85 Å². The average Bonchev–Trinajstić information content (AvgIpc) is 2.13. The van der Waals surface area contributed by atoms with Crippen molar-refractivity contribution in [2.75, 3.05) is 0 Å². The van der Waals surface area contributed by atoms with Crippen LogP contribution in [0.1, 0.15) is 27.7 Å². The van der Waals surface area contributed by atoms with Crippen molar-refractivity contribution in [3.05, 3.63) is 12.2 Å². The van der Waals surface area contributed by atoms with E-state index in [4.69, 9.17) is 8.85 Å². The Kier molecular flexibility index (Phi) is 5.83. The minimum absolute atomic E-state index is 0.258. The fourth-order valence-corrected chi connectivity index (χ4v) is 4.37. The first-order valence-corrected chi connectivity index (χ1v) is 10.7. The van der Waals surface area contributed by atoms with E-state index >= 15 is 0 Å². The molecule has 0 aromatic heterocycles. The van der Waals surface area contributed by atoms with Gasteiger partial charge in [-0.15, -0.1) is 0 Å². The zero-order valence-electron chi connectivity index (χ0n) is 12.2. The molecule has 1 unspecified atom stereocenters. The minimum atomic E-state index is -1.54. The third kappa shape index (κ3) is 6.19. The van der Waals surface area contributed by atoms with Crippen LogP contribution in [0.25, 0.3) is 0 Å². The van der Waals surface area contributed by atoms with E-state index in [0.29, 0.717) is 5.57 Å². The maximum atomic E-state index is 11.6. The van der Waals surface area contributed by atoms with Crippen LogP contribution in [0.4, 0.5) is 0 Å². The van der Waals surface area contributed by atoms with Gasteiger partial charge in [-0.05, 0) is 39.4 Å². The molecule has 0 rings (SSSR count). The molecule has 0 saturated heterocycles. The van der Waals surface area contributed by atoms with E-state index in [1.807, 2.05) is 6.92 Å². The third-order valence-electron chi connectivity index (χ3n) is 2.69.